The van der Waals surface area contributed by atoms with Gasteiger partial charge in [0.25, 0.3) is 11.6 Å². The second-order valence-electron chi connectivity index (χ2n) is 5.70. The molecule has 6 nitrogen and oxygen atoms in total. The van der Waals surface area contributed by atoms with E-state index in [2.05, 4.69) is 15.5 Å². The molecule has 2 aromatic rings. The average molecular weight is 325 g/mol. The number of aryl methyl sites for hydroxylation is 1. The zero-order chi connectivity index (χ0) is 14.8. The predicted octanol–water partition coefficient (Wildman–Crippen LogP) is 2.20. The number of hydrogen-bond acceptors (Lipinski definition) is 5. The number of rotatable bonds is 3. The fourth-order valence-electron chi connectivity index (χ4n) is 3.00. The van der Waals surface area contributed by atoms with E-state index in [1.165, 1.54) is 12.6 Å². The van der Waals surface area contributed by atoms with Gasteiger partial charge in [0, 0.05) is 12.2 Å². The van der Waals surface area contributed by atoms with Crippen LogP contribution in [0.1, 0.15) is 41.7 Å². The molecule has 1 fully saturated rings. The second kappa shape index (κ2) is 7.07. The Morgan fingerprint density at radius 3 is 3.00 bits per heavy atom. The number of amides is 1. The van der Waals surface area contributed by atoms with Crippen LogP contribution in [0.5, 0.6) is 0 Å². The lowest BCUT2D eigenvalue weighted by atomic mass is 9.84. The van der Waals surface area contributed by atoms with E-state index in [-0.39, 0.29) is 24.4 Å². The van der Waals surface area contributed by atoms with Crippen molar-refractivity contribution in [3.63, 3.8) is 0 Å². The number of nitrogens with one attached hydrogen (secondary N) is 1. The van der Waals surface area contributed by atoms with Crippen molar-refractivity contribution >= 4 is 29.4 Å². The Bertz CT molecular complexity index is 658. The van der Waals surface area contributed by atoms with Crippen LogP contribution in [-0.4, -0.2) is 28.6 Å². The molecule has 0 aromatic carbocycles. The van der Waals surface area contributed by atoms with E-state index in [0.717, 1.165) is 30.3 Å². The van der Waals surface area contributed by atoms with Crippen LogP contribution in [0.4, 0.5) is 0 Å². The van der Waals surface area contributed by atoms with Crippen molar-refractivity contribution < 1.29 is 9.32 Å². The summed E-state index contributed by atoms with van der Waals surface area (Å²) in [5.74, 6) is 0.270. The summed E-state index contributed by atoms with van der Waals surface area (Å²) in [5, 5.41) is 7.73. The molecule has 0 radical (unpaired) electrons. The molecule has 1 aliphatic rings. The maximum Gasteiger partial charge on any atom is 0.257 e. The second-order valence-corrected chi connectivity index (χ2v) is 5.70. The Balaban J connectivity index is 0.00000176. The standard InChI is InChI=1S/C15H20N4O2.ClH/c1-9-12-6-11(8-17-15(12)21-19-9)14(20)18-13-5-3-2-4-10(13)7-16;/h6,8,10,13H,2-5,7,16H2,1H3,(H,18,20);1H. The highest BCUT2D eigenvalue weighted by atomic mass is 35.5. The largest absolute Gasteiger partial charge is 0.349 e. The summed E-state index contributed by atoms with van der Waals surface area (Å²) in [7, 11) is 0. The van der Waals surface area contributed by atoms with E-state index >= 15 is 0 Å². The number of carbonyl (C=O) groups excluding carboxylic acids is 1. The van der Waals surface area contributed by atoms with Gasteiger partial charge in [-0.3, -0.25) is 4.79 Å². The van der Waals surface area contributed by atoms with Gasteiger partial charge in [-0.15, -0.1) is 12.4 Å². The van der Waals surface area contributed by atoms with Gasteiger partial charge < -0.3 is 15.6 Å². The Hall–Kier alpha value is -1.66. The normalized spacial score (nSPS) is 21.4. The van der Waals surface area contributed by atoms with Crippen molar-refractivity contribution in [1.29, 1.82) is 0 Å². The lowest BCUT2D eigenvalue weighted by Gasteiger charge is -2.31. The number of fused-ring (bicyclic) bond motifs is 1. The molecule has 3 rings (SSSR count). The third-order valence-corrected chi connectivity index (χ3v) is 4.30. The Kier molecular flexibility index (Phi) is 5.37. The smallest absolute Gasteiger partial charge is 0.257 e. The van der Waals surface area contributed by atoms with E-state index in [4.69, 9.17) is 10.3 Å². The maximum absolute atomic E-state index is 12.4. The van der Waals surface area contributed by atoms with Crippen molar-refractivity contribution in [3.8, 4) is 0 Å². The van der Waals surface area contributed by atoms with Gasteiger partial charge in [0.15, 0.2) is 0 Å². The highest BCUT2D eigenvalue weighted by Crippen LogP contribution is 2.24. The summed E-state index contributed by atoms with van der Waals surface area (Å²) in [4.78, 5) is 16.5. The number of nitrogens with two attached hydrogens (primary N) is 1. The highest BCUT2D eigenvalue weighted by molar-refractivity contribution is 5.97. The van der Waals surface area contributed by atoms with E-state index < -0.39 is 0 Å². The van der Waals surface area contributed by atoms with Gasteiger partial charge in [0.05, 0.1) is 16.6 Å². The number of pyridine rings is 1. The Morgan fingerprint density at radius 1 is 1.45 bits per heavy atom. The molecule has 1 aliphatic carbocycles. The summed E-state index contributed by atoms with van der Waals surface area (Å²) in [6, 6.07) is 1.94. The number of halogens is 1. The minimum absolute atomic E-state index is 0. The number of hydrogen-bond donors (Lipinski definition) is 2. The lowest BCUT2D eigenvalue weighted by Crippen LogP contribution is -2.44. The first-order chi connectivity index (χ1) is 10.2. The zero-order valence-electron chi connectivity index (χ0n) is 12.5. The van der Waals surface area contributed by atoms with Gasteiger partial charge >= 0.3 is 0 Å². The summed E-state index contributed by atoms with van der Waals surface area (Å²) in [5.41, 5.74) is 7.54. The number of carbonyl (C=O) groups is 1. The minimum Gasteiger partial charge on any atom is -0.349 e. The molecule has 1 amide bonds. The van der Waals surface area contributed by atoms with Crippen LogP contribution in [-0.2, 0) is 0 Å². The van der Waals surface area contributed by atoms with Crippen molar-refractivity contribution in [3.05, 3.63) is 23.5 Å². The number of nitrogens with zero attached hydrogens (tertiary/aromatic N) is 2. The molecule has 2 atom stereocenters. The molecule has 0 saturated heterocycles. The molecule has 2 aromatic heterocycles. The molecule has 7 heteroatoms. The molecule has 3 N–H and O–H groups in total. The van der Waals surface area contributed by atoms with E-state index in [0.29, 0.717) is 23.7 Å². The summed E-state index contributed by atoms with van der Waals surface area (Å²) < 4.78 is 5.06. The van der Waals surface area contributed by atoms with E-state index in [1.807, 2.05) is 6.92 Å². The molecule has 1 saturated carbocycles. The molecule has 22 heavy (non-hydrogen) atoms. The Labute approximate surface area is 135 Å². The van der Waals surface area contributed by atoms with Gasteiger partial charge in [0.1, 0.15) is 0 Å². The van der Waals surface area contributed by atoms with E-state index in [9.17, 15) is 4.79 Å². The van der Waals surface area contributed by atoms with Crippen molar-refractivity contribution in [1.82, 2.24) is 15.5 Å². The van der Waals surface area contributed by atoms with Crippen LogP contribution < -0.4 is 11.1 Å². The van der Waals surface area contributed by atoms with Gasteiger partial charge in [-0.25, -0.2) is 4.98 Å². The van der Waals surface area contributed by atoms with Crippen LogP contribution in [0.2, 0.25) is 0 Å². The monoisotopic (exact) mass is 324 g/mol. The molecule has 0 bridgehead atoms. The molecule has 120 valence electrons. The van der Waals surface area contributed by atoms with Gasteiger partial charge in [-0.2, -0.15) is 0 Å². The van der Waals surface area contributed by atoms with Crippen LogP contribution >= 0.6 is 12.4 Å². The van der Waals surface area contributed by atoms with Crippen LogP contribution in [0.3, 0.4) is 0 Å². The van der Waals surface area contributed by atoms with Gasteiger partial charge in [-0.05, 0) is 38.3 Å². The van der Waals surface area contributed by atoms with E-state index in [1.54, 1.807) is 6.07 Å². The SMILES string of the molecule is Cc1noc2ncc(C(=O)NC3CCCCC3CN)cc12.Cl. The predicted molar refractivity (Wildman–Crippen MR) is 86.1 cm³/mol. The maximum atomic E-state index is 12.4. The van der Waals surface area contributed by atoms with Crippen molar-refractivity contribution in [2.24, 2.45) is 11.7 Å². The molecular formula is C15H21ClN4O2. The summed E-state index contributed by atoms with van der Waals surface area (Å²) >= 11 is 0. The zero-order valence-corrected chi connectivity index (χ0v) is 13.4. The fourth-order valence-corrected chi connectivity index (χ4v) is 3.00. The van der Waals surface area contributed by atoms with Crippen molar-refractivity contribution in [2.75, 3.05) is 6.54 Å². The molecule has 0 aliphatic heterocycles. The Morgan fingerprint density at radius 2 is 2.23 bits per heavy atom. The van der Waals surface area contributed by atoms with Gasteiger partial charge in [0.2, 0.25) is 0 Å². The minimum atomic E-state index is -0.102. The third-order valence-electron chi connectivity index (χ3n) is 4.30. The van der Waals surface area contributed by atoms with Gasteiger partial charge in [-0.1, -0.05) is 18.0 Å². The molecule has 2 unspecified atom stereocenters. The number of aromatic nitrogens is 2. The third kappa shape index (κ3) is 3.23. The first-order valence-corrected chi connectivity index (χ1v) is 7.42. The quantitative estimate of drug-likeness (QED) is 0.902. The molecule has 0 spiro atoms. The first kappa shape index (κ1) is 16.7. The fraction of sp³-hybridized carbons (Fsp3) is 0.533. The van der Waals surface area contributed by atoms with Crippen molar-refractivity contribution in [2.45, 2.75) is 38.6 Å². The topological polar surface area (TPSA) is 94.0 Å². The van der Waals surface area contributed by atoms with Crippen LogP contribution in [0, 0.1) is 12.8 Å². The first-order valence-electron chi connectivity index (χ1n) is 7.42. The van der Waals surface area contributed by atoms with Crippen LogP contribution in [0.25, 0.3) is 11.1 Å². The highest BCUT2D eigenvalue weighted by Gasteiger charge is 2.26. The molecular weight excluding hydrogens is 304 g/mol. The lowest BCUT2D eigenvalue weighted by molar-refractivity contribution is 0.0908. The molecule has 2 heterocycles. The van der Waals surface area contributed by atoms with Crippen LogP contribution in [0.15, 0.2) is 16.8 Å². The summed E-state index contributed by atoms with van der Waals surface area (Å²) in [6.07, 6.45) is 5.95. The summed E-state index contributed by atoms with van der Waals surface area (Å²) in [6.45, 7) is 2.45. The average Bonchev–Trinajstić information content (AvgIpc) is 2.88.